The number of aromatic nitrogens is 3. The maximum absolute atomic E-state index is 13.0. The third-order valence-electron chi connectivity index (χ3n) is 5.00. The molecule has 2 heterocycles. The number of para-hydroxylation sites is 1. The fourth-order valence-electron chi connectivity index (χ4n) is 3.42. The van der Waals surface area contributed by atoms with Crippen molar-refractivity contribution in [2.75, 3.05) is 6.54 Å². The van der Waals surface area contributed by atoms with Crippen molar-refractivity contribution in [3.63, 3.8) is 0 Å². The fourth-order valence-corrected chi connectivity index (χ4v) is 3.42. The number of hydrogen-bond acceptors (Lipinski definition) is 8. The van der Waals surface area contributed by atoms with E-state index in [-0.39, 0.29) is 30.2 Å². The molecule has 1 aliphatic rings. The molecule has 2 aromatic rings. The van der Waals surface area contributed by atoms with Crippen LogP contribution in [0.15, 0.2) is 24.4 Å². The van der Waals surface area contributed by atoms with Gasteiger partial charge in [-0.2, -0.15) is 0 Å². The van der Waals surface area contributed by atoms with E-state index in [0.29, 0.717) is 30.6 Å². The van der Waals surface area contributed by atoms with E-state index in [0.717, 1.165) is 6.42 Å². The molecule has 0 unspecified atom stereocenters. The van der Waals surface area contributed by atoms with Gasteiger partial charge in [-0.05, 0) is 43.9 Å². The molecule has 1 aromatic carbocycles. The zero-order valence-corrected chi connectivity index (χ0v) is 16.4. The van der Waals surface area contributed by atoms with E-state index >= 15 is 0 Å². The van der Waals surface area contributed by atoms with Gasteiger partial charge in [0.1, 0.15) is 11.8 Å². The second kappa shape index (κ2) is 9.70. The predicted octanol–water partition coefficient (Wildman–Crippen LogP) is -0.755. The van der Waals surface area contributed by atoms with Crippen LogP contribution in [0.5, 0.6) is 5.75 Å². The van der Waals surface area contributed by atoms with Crippen LogP contribution in [0.4, 0.5) is 0 Å². The number of rotatable bonds is 9. The lowest BCUT2D eigenvalue weighted by atomic mass is 9.72. The average molecular weight is 416 g/mol. The van der Waals surface area contributed by atoms with Crippen LogP contribution in [0.1, 0.15) is 46.9 Å². The first-order chi connectivity index (χ1) is 14.4. The molecule has 0 aliphatic carbocycles. The quantitative estimate of drug-likeness (QED) is 0.260. The zero-order valence-electron chi connectivity index (χ0n) is 16.4. The van der Waals surface area contributed by atoms with E-state index in [4.69, 9.17) is 16.1 Å². The third-order valence-corrected chi connectivity index (χ3v) is 5.00. The van der Waals surface area contributed by atoms with Gasteiger partial charge in [-0.15, -0.1) is 5.10 Å². The number of amides is 1. The Morgan fingerprint density at radius 2 is 2.17 bits per heavy atom. The number of nitrogens with one attached hydrogen (secondary N) is 1. The van der Waals surface area contributed by atoms with Gasteiger partial charge in [-0.1, -0.05) is 17.3 Å². The van der Waals surface area contributed by atoms with Crippen LogP contribution in [0.3, 0.4) is 0 Å². The molecule has 0 bridgehead atoms. The number of fused-ring (bicyclic) bond motifs is 1. The summed E-state index contributed by atoms with van der Waals surface area (Å²) < 4.78 is 6.89. The Bertz CT molecular complexity index is 907. The van der Waals surface area contributed by atoms with Crippen molar-refractivity contribution in [3.8, 4) is 5.75 Å². The number of carboxylic acid groups (broad SMARTS) is 1. The highest BCUT2D eigenvalue weighted by Gasteiger charge is 2.39. The number of aromatic carboxylic acids is 1. The highest BCUT2D eigenvalue weighted by atomic mass is 16.5. The van der Waals surface area contributed by atoms with E-state index in [2.05, 4.69) is 15.6 Å². The molecule has 11 nitrogen and oxygen atoms in total. The molecule has 1 aromatic heterocycles. The Morgan fingerprint density at radius 3 is 2.83 bits per heavy atom. The van der Waals surface area contributed by atoms with Crippen LogP contribution in [0, 0.1) is 0 Å². The number of nitrogens with zero attached hydrogens (tertiary/aromatic N) is 3. The number of carbonyl (C=O) groups is 2. The molecule has 7 N–H and O–H groups in total. The van der Waals surface area contributed by atoms with Crippen molar-refractivity contribution in [3.05, 3.63) is 41.2 Å². The number of unbranched alkanes of at least 4 members (excludes halogenated alkanes) is 1. The summed E-state index contributed by atoms with van der Waals surface area (Å²) in [6.07, 6.45) is 3.79. The first kappa shape index (κ1) is 21.7. The molecule has 2 atom stereocenters. The van der Waals surface area contributed by atoms with Gasteiger partial charge in [-0.25, -0.2) is 9.48 Å². The summed E-state index contributed by atoms with van der Waals surface area (Å²) in [4.78, 5) is 24.4. The number of hydrogen-bond donors (Lipinski definition) is 5. The number of carboxylic acids is 1. The summed E-state index contributed by atoms with van der Waals surface area (Å²) in [5.74, 6) is -2.13. The lowest BCUT2D eigenvalue weighted by Crippen LogP contribution is -2.54. The zero-order chi connectivity index (χ0) is 21.7. The Balaban J connectivity index is 1.76. The molecule has 30 heavy (non-hydrogen) atoms. The largest absolute Gasteiger partial charge is 0.547 e. The van der Waals surface area contributed by atoms with Gasteiger partial charge in [0.15, 0.2) is 0 Å². The molecule has 0 fully saturated rings. The smallest absolute Gasteiger partial charge is 0.534 e. The Morgan fingerprint density at radius 1 is 1.37 bits per heavy atom. The summed E-state index contributed by atoms with van der Waals surface area (Å²) in [5, 5.41) is 30.4. The lowest BCUT2D eigenvalue weighted by Gasteiger charge is -2.30. The van der Waals surface area contributed by atoms with Crippen LogP contribution in [0.25, 0.3) is 0 Å². The Kier molecular flexibility index (Phi) is 7.03. The van der Waals surface area contributed by atoms with Crippen LogP contribution in [0.2, 0.25) is 0 Å². The maximum atomic E-state index is 13.0. The minimum Gasteiger partial charge on any atom is -0.534 e. The average Bonchev–Trinajstić information content (AvgIpc) is 3.20. The number of benzene rings is 1. The van der Waals surface area contributed by atoms with Crippen molar-refractivity contribution < 1.29 is 24.4 Å². The minimum absolute atomic E-state index is 0.0343. The molecule has 1 aliphatic heterocycles. The van der Waals surface area contributed by atoms with Gasteiger partial charge in [0.05, 0.1) is 23.4 Å². The van der Waals surface area contributed by atoms with Crippen LogP contribution < -0.4 is 21.4 Å². The van der Waals surface area contributed by atoms with Crippen molar-refractivity contribution in [2.45, 2.75) is 44.2 Å². The first-order valence-corrected chi connectivity index (χ1v) is 9.75. The molecule has 0 saturated carbocycles. The van der Waals surface area contributed by atoms with Crippen molar-refractivity contribution in [2.24, 2.45) is 11.5 Å². The van der Waals surface area contributed by atoms with Gasteiger partial charge in [0.2, 0.25) is 5.91 Å². The van der Waals surface area contributed by atoms with Crippen LogP contribution in [-0.4, -0.2) is 56.6 Å². The molecule has 0 spiro atoms. The molecule has 1 amide bonds. The molecule has 3 rings (SSSR count). The van der Waals surface area contributed by atoms with Crippen LogP contribution in [-0.2, 0) is 17.8 Å². The molecular weight excluding hydrogens is 391 g/mol. The highest BCUT2D eigenvalue weighted by molar-refractivity contribution is 6.47. The second-order valence-corrected chi connectivity index (χ2v) is 7.12. The molecular formula is C18H25BN6O5. The Hall–Kier alpha value is -2.96. The number of carbonyl (C=O) groups excluding carboxylic acids is 1. The first-order valence-electron chi connectivity index (χ1n) is 9.75. The summed E-state index contributed by atoms with van der Waals surface area (Å²) in [6, 6.07) is 4.06. The van der Waals surface area contributed by atoms with Crippen molar-refractivity contribution >= 4 is 19.0 Å². The summed E-state index contributed by atoms with van der Waals surface area (Å²) in [7, 11) is -1.39. The van der Waals surface area contributed by atoms with Gasteiger partial charge >= 0.3 is 13.1 Å². The molecule has 0 radical (unpaired) electrons. The number of nitrogens with two attached hydrogens (primary N) is 2. The van der Waals surface area contributed by atoms with Gasteiger partial charge in [-0.3, -0.25) is 4.79 Å². The predicted molar refractivity (Wildman–Crippen MR) is 107 cm³/mol. The topological polar surface area (TPSA) is 179 Å². The van der Waals surface area contributed by atoms with Crippen molar-refractivity contribution in [1.82, 2.24) is 20.3 Å². The normalized spacial score (nSPS) is 16.5. The lowest BCUT2D eigenvalue weighted by molar-refractivity contribution is -0.125. The third kappa shape index (κ3) is 4.78. The highest BCUT2D eigenvalue weighted by Crippen LogP contribution is 2.30. The standard InChI is InChI=1S/C18H25BN6O5/c20-7-2-1-6-14(25-10-12(9-21)23-24-25)17(26)22-15-8-11-4-3-5-13(18(27)28)16(11)30-19(15)29/h3-5,10,14-15,29H,1-2,6-9,20-21H2,(H,22,26)(H,27,28)/t14-,15-/m0/s1. The van der Waals surface area contributed by atoms with E-state index in [1.807, 2.05) is 0 Å². The molecule has 12 heteroatoms. The molecule has 0 saturated heterocycles. The van der Waals surface area contributed by atoms with E-state index in [1.54, 1.807) is 18.3 Å². The summed E-state index contributed by atoms with van der Waals surface area (Å²) >= 11 is 0. The second-order valence-electron chi connectivity index (χ2n) is 7.12. The van der Waals surface area contributed by atoms with Gasteiger partial charge in [0, 0.05) is 6.54 Å². The summed E-state index contributed by atoms with van der Waals surface area (Å²) in [5.41, 5.74) is 12.3. The maximum Gasteiger partial charge on any atom is 0.547 e. The fraction of sp³-hybridized carbons (Fsp3) is 0.444. The summed E-state index contributed by atoms with van der Waals surface area (Å²) in [6.45, 7) is 0.715. The van der Waals surface area contributed by atoms with Crippen LogP contribution >= 0.6 is 0 Å². The Labute approximate surface area is 173 Å². The van der Waals surface area contributed by atoms with E-state index < -0.39 is 25.1 Å². The van der Waals surface area contributed by atoms with Crippen molar-refractivity contribution in [1.29, 1.82) is 0 Å². The molecule has 160 valence electrons. The van der Waals surface area contributed by atoms with Gasteiger partial charge < -0.3 is 31.6 Å². The minimum atomic E-state index is -1.39. The van der Waals surface area contributed by atoms with Gasteiger partial charge in [0.25, 0.3) is 0 Å². The monoisotopic (exact) mass is 416 g/mol. The SMILES string of the molecule is NCCCC[C@@H](C(=O)N[C@H]1Cc2cccc(C(=O)O)c2OB1O)n1cc(CN)nn1. The van der Waals surface area contributed by atoms with E-state index in [1.165, 1.54) is 10.7 Å². The van der Waals surface area contributed by atoms with E-state index in [9.17, 15) is 19.7 Å².